The Kier molecular flexibility index (Phi) is 4.59. The van der Waals surface area contributed by atoms with Gasteiger partial charge in [-0.3, -0.25) is 0 Å². The molecule has 15 heavy (non-hydrogen) atoms. The lowest BCUT2D eigenvalue weighted by atomic mass is 10.0. The molecule has 3 heteroatoms. The fourth-order valence-corrected chi connectivity index (χ4v) is 1.61. The summed E-state index contributed by atoms with van der Waals surface area (Å²) in [6.07, 6.45) is 0.877. The molecule has 1 aromatic carbocycles. The first-order valence-electron chi connectivity index (χ1n) is 5.33. The van der Waals surface area contributed by atoms with Crippen LogP contribution in [0.4, 0.5) is 0 Å². The van der Waals surface area contributed by atoms with E-state index in [4.69, 9.17) is 5.11 Å². The summed E-state index contributed by atoms with van der Waals surface area (Å²) in [7, 11) is 0. The number of phenolic OH excluding ortho intramolecular Hbond substituents is 1. The van der Waals surface area contributed by atoms with Gasteiger partial charge in [0.2, 0.25) is 0 Å². The molecule has 84 valence electrons. The lowest BCUT2D eigenvalue weighted by molar-refractivity contribution is 0.239. The zero-order chi connectivity index (χ0) is 11.3. The molecule has 2 atom stereocenters. The van der Waals surface area contributed by atoms with E-state index in [0.717, 1.165) is 12.0 Å². The quantitative estimate of drug-likeness (QED) is 0.693. The Morgan fingerprint density at radius 3 is 2.53 bits per heavy atom. The maximum Gasteiger partial charge on any atom is 0.120 e. The molecule has 0 saturated heterocycles. The molecule has 0 heterocycles. The topological polar surface area (TPSA) is 52.5 Å². The van der Waals surface area contributed by atoms with E-state index < -0.39 is 0 Å². The molecule has 0 radical (unpaired) electrons. The summed E-state index contributed by atoms with van der Waals surface area (Å²) in [6.45, 7) is 4.07. The second-order valence-corrected chi connectivity index (χ2v) is 3.77. The summed E-state index contributed by atoms with van der Waals surface area (Å²) < 4.78 is 0. The van der Waals surface area contributed by atoms with Crippen molar-refractivity contribution in [2.24, 2.45) is 0 Å². The first-order chi connectivity index (χ1) is 7.19. The Bertz CT molecular complexity index is 301. The maximum atomic E-state index is 9.70. The van der Waals surface area contributed by atoms with Crippen LogP contribution in [0.15, 0.2) is 24.3 Å². The monoisotopic (exact) mass is 209 g/mol. The molecule has 0 aliphatic heterocycles. The Morgan fingerprint density at radius 1 is 1.33 bits per heavy atom. The van der Waals surface area contributed by atoms with E-state index in [9.17, 15) is 5.11 Å². The van der Waals surface area contributed by atoms with Crippen LogP contribution >= 0.6 is 0 Å². The third-order valence-corrected chi connectivity index (χ3v) is 2.48. The molecule has 0 aliphatic rings. The molecule has 3 nitrogen and oxygen atoms in total. The van der Waals surface area contributed by atoms with Crippen LogP contribution in [0, 0.1) is 0 Å². The predicted octanol–water partition coefficient (Wildman–Crippen LogP) is 1.81. The van der Waals surface area contributed by atoms with Gasteiger partial charge in [-0.05, 0) is 19.4 Å². The minimum atomic E-state index is 0.0366. The summed E-state index contributed by atoms with van der Waals surface area (Å²) in [5, 5.41) is 21.9. The average molecular weight is 209 g/mol. The van der Waals surface area contributed by atoms with Crippen molar-refractivity contribution in [2.45, 2.75) is 32.4 Å². The highest BCUT2D eigenvalue weighted by Crippen LogP contribution is 2.25. The molecular formula is C12H19NO2. The van der Waals surface area contributed by atoms with Crippen LogP contribution in [0.2, 0.25) is 0 Å². The lowest BCUT2D eigenvalue weighted by Gasteiger charge is -2.22. The molecule has 1 aromatic rings. The van der Waals surface area contributed by atoms with Crippen molar-refractivity contribution in [3.63, 3.8) is 0 Å². The standard InChI is InChI=1S/C12H19NO2/c1-3-11(13-9(2)8-14)10-6-4-5-7-12(10)15/h4-7,9,11,13-15H,3,8H2,1-2H3/t9-,11-/m0/s1. The molecule has 0 bridgehead atoms. The predicted molar refractivity (Wildman–Crippen MR) is 60.8 cm³/mol. The van der Waals surface area contributed by atoms with Crippen LogP contribution in [-0.4, -0.2) is 22.9 Å². The van der Waals surface area contributed by atoms with Gasteiger partial charge in [-0.2, -0.15) is 0 Å². The van der Waals surface area contributed by atoms with E-state index in [2.05, 4.69) is 5.32 Å². The van der Waals surface area contributed by atoms with Crippen LogP contribution in [-0.2, 0) is 0 Å². The average Bonchev–Trinajstić information content (AvgIpc) is 2.26. The van der Waals surface area contributed by atoms with E-state index in [-0.39, 0.29) is 18.7 Å². The molecule has 0 saturated carbocycles. The zero-order valence-electron chi connectivity index (χ0n) is 9.27. The number of hydrogen-bond acceptors (Lipinski definition) is 3. The highest BCUT2D eigenvalue weighted by atomic mass is 16.3. The van der Waals surface area contributed by atoms with Gasteiger partial charge in [0, 0.05) is 17.6 Å². The normalized spacial score (nSPS) is 14.9. The highest BCUT2D eigenvalue weighted by molar-refractivity contribution is 5.34. The fourth-order valence-electron chi connectivity index (χ4n) is 1.61. The summed E-state index contributed by atoms with van der Waals surface area (Å²) in [6, 6.07) is 7.43. The number of para-hydroxylation sites is 1. The molecule has 0 aromatic heterocycles. The van der Waals surface area contributed by atoms with Gasteiger partial charge < -0.3 is 15.5 Å². The summed E-state index contributed by atoms with van der Waals surface area (Å²) >= 11 is 0. The van der Waals surface area contributed by atoms with Crippen molar-refractivity contribution < 1.29 is 10.2 Å². The van der Waals surface area contributed by atoms with Crippen LogP contribution in [0.25, 0.3) is 0 Å². The van der Waals surface area contributed by atoms with Crippen molar-refractivity contribution in [3.8, 4) is 5.75 Å². The van der Waals surface area contributed by atoms with E-state index in [1.165, 1.54) is 0 Å². The lowest BCUT2D eigenvalue weighted by Crippen LogP contribution is -2.32. The molecule has 1 rings (SSSR count). The Balaban J connectivity index is 2.78. The number of aliphatic hydroxyl groups is 1. The van der Waals surface area contributed by atoms with Crippen molar-refractivity contribution in [2.75, 3.05) is 6.61 Å². The smallest absolute Gasteiger partial charge is 0.120 e. The van der Waals surface area contributed by atoms with Gasteiger partial charge in [-0.15, -0.1) is 0 Å². The highest BCUT2D eigenvalue weighted by Gasteiger charge is 2.14. The van der Waals surface area contributed by atoms with E-state index in [1.807, 2.05) is 26.0 Å². The second-order valence-electron chi connectivity index (χ2n) is 3.77. The molecule has 0 unspecified atom stereocenters. The van der Waals surface area contributed by atoms with Gasteiger partial charge >= 0.3 is 0 Å². The first kappa shape index (κ1) is 12.0. The van der Waals surface area contributed by atoms with Gasteiger partial charge in [0.15, 0.2) is 0 Å². The molecule has 0 fully saturated rings. The molecule has 0 spiro atoms. The van der Waals surface area contributed by atoms with Gasteiger partial charge in [-0.1, -0.05) is 25.1 Å². The number of benzene rings is 1. The Labute approximate surface area is 90.8 Å². The summed E-state index contributed by atoms with van der Waals surface area (Å²) in [4.78, 5) is 0. The van der Waals surface area contributed by atoms with Gasteiger partial charge in [0.1, 0.15) is 5.75 Å². The molecule has 0 aliphatic carbocycles. The van der Waals surface area contributed by atoms with Gasteiger partial charge in [0.05, 0.1) is 6.61 Å². The number of aliphatic hydroxyl groups excluding tert-OH is 1. The molecule has 0 amide bonds. The van der Waals surface area contributed by atoms with Crippen molar-refractivity contribution in [3.05, 3.63) is 29.8 Å². The van der Waals surface area contributed by atoms with Crippen LogP contribution in [0.5, 0.6) is 5.75 Å². The van der Waals surface area contributed by atoms with Crippen molar-refractivity contribution in [1.82, 2.24) is 5.32 Å². The number of hydrogen-bond donors (Lipinski definition) is 3. The van der Waals surface area contributed by atoms with Crippen molar-refractivity contribution in [1.29, 1.82) is 0 Å². The number of nitrogens with one attached hydrogen (secondary N) is 1. The molecule has 3 N–H and O–H groups in total. The van der Waals surface area contributed by atoms with E-state index in [1.54, 1.807) is 12.1 Å². The van der Waals surface area contributed by atoms with Crippen LogP contribution in [0.1, 0.15) is 31.9 Å². The SMILES string of the molecule is CC[C@H](N[C@@H](C)CO)c1ccccc1O. The minimum Gasteiger partial charge on any atom is -0.508 e. The van der Waals surface area contributed by atoms with Crippen molar-refractivity contribution >= 4 is 0 Å². The minimum absolute atomic E-state index is 0.0366. The Morgan fingerprint density at radius 2 is 2.00 bits per heavy atom. The summed E-state index contributed by atoms with van der Waals surface area (Å²) in [5.41, 5.74) is 0.889. The largest absolute Gasteiger partial charge is 0.508 e. The van der Waals surface area contributed by atoms with Crippen LogP contribution in [0.3, 0.4) is 0 Å². The zero-order valence-corrected chi connectivity index (χ0v) is 9.27. The third kappa shape index (κ3) is 3.22. The van der Waals surface area contributed by atoms with Gasteiger partial charge in [-0.25, -0.2) is 0 Å². The summed E-state index contributed by atoms with van der Waals surface area (Å²) in [5.74, 6) is 0.307. The van der Waals surface area contributed by atoms with Crippen LogP contribution < -0.4 is 5.32 Å². The van der Waals surface area contributed by atoms with Gasteiger partial charge in [0.25, 0.3) is 0 Å². The number of phenols is 1. The Hall–Kier alpha value is -1.06. The third-order valence-electron chi connectivity index (χ3n) is 2.48. The van der Waals surface area contributed by atoms with E-state index >= 15 is 0 Å². The second kappa shape index (κ2) is 5.73. The maximum absolute atomic E-state index is 9.70. The number of aromatic hydroxyl groups is 1. The molecular weight excluding hydrogens is 190 g/mol. The van der Waals surface area contributed by atoms with E-state index in [0.29, 0.717) is 5.75 Å². The first-order valence-corrected chi connectivity index (χ1v) is 5.33. The number of rotatable bonds is 5. The fraction of sp³-hybridized carbons (Fsp3) is 0.500.